The largest absolute Gasteiger partial charge is 0.391 e. The summed E-state index contributed by atoms with van der Waals surface area (Å²) in [5, 5.41) is 10.9. The van der Waals surface area contributed by atoms with E-state index in [9.17, 15) is 13.5 Å². The zero-order valence-corrected chi connectivity index (χ0v) is 12.0. The predicted molar refractivity (Wildman–Crippen MR) is 69.0 cm³/mol. The summed E-state index contributed by atoms with van der Waals surface area (Å²) in [5.41, 5.74) is 0. The Kier molecular flexibility index (Phi) is 4.08. The number of sulfonamides is 1. The molecule has 1 aromatic heterocycles. The second-order valence-corrected chi connectivity index (χ2v) is 7.29. The number of hydrogen-bond donors (Lipinski definition) is 1. The summed E-state index contributed by atoms with van der Waals surface area (Å²) in [5.74, 6) is 0. The molecule has 102 valence electrons. The molecule has 18 heavy (non-hydrogen) atoms. The maximum absolute atomic E-state index is 12.5. The highest BCUT2D eigenvalue weighted by molar-refractivity contribution is 7.89. The third-order valence-corrected chi connectivity index (χ3v) is 6.09. The van der Waals surface area contributed by atoms with E-state index < -0.39 is 10.0 Å². The van der Waals surface area contributed by atoms with Crippen molar-refractivity contribution in [1.82, 2.24) is 4.31 Å². The molecule has 2 heterocycles. The van der Waals surface area contributed by atoms with E-state index in [1.807, 2.05) is 13.8 Å². The number of morpholine rings is 1. The molecule has 2 unspecified atom stereocenters. The van der Waals surface area contributed by atoms with Crippen molar-refractivity contribution in [3.8, 4) is 0 Å². The van der Waals surface area contributed by atoms with Gasteiger partial charge < -0.3 is 9.84 Å². The zero-order chi connectivity index (χ0) is 13.3. The first-order chi connectivity index (χ1) is 8.46. The zero-order valence-electron chi connectivity index (χ0n) is 10.4. The van der Waals surface area contributed by atoms with Crippen molar-refractivity contribution in [1.29, 1.82) is 0 Å². The fourth-order valence-corrected chi connectivity index (χ4v) is 4.97. The van der Waals surface area contributed by atoms with Gasteiger partial charge in [0.1, 0.15) is 0 Å². The predicted octanol–water partition coefficient (Wildman–Crippen LogP) is 1.04. The summed E-state index contributed by atoms with van der Waals surface area (Å²) in [6.07, 6.45) is -0.104. The van der Waals surface area contributed by atoms with E-state index in [4.69, 9.17) is 4.74 Å². The van der Waals surface area contributed by atoms with Crippen LogP contribution in [0.1, 0.15) is 18.7 Å². The fourth-order valence-electron chi connectivity index (χ4n) is 2.01. The van der Waals surface area contributed by atoms with Crippen LogP contribution in [0.25, 0.3) is 0 Å². The molecule has 1 aromatic rings. The number of rotatable bonds is 3. The number of nitrogens with zero attached hydrogens (tertiary/aromatic N) is 1. The van der Waals surface area contributed by atoms with Crippen LogP contribution in [-0.4, -0.2) is 43.1 Å². The van der Waals surface area contributed by atoms with Crippen LogP contribution in [0, 0.1) is 0 Å². The molecular weight excluding hydrogens is 274 g/mol. The van der Waals surface area contributed by atoms with Gasteiger partial charge in [-0.15, -0.1) is 11.3 Å². The highest BCUT2D eigenvalue weighted by Gasteiger charge is 2.35. The topological polar surface area (TPSA) is 66.8 Å². The van der Waals surface area contributed by atoms with Crippen molar-refractivity contribution < 1.29 is 18.3 Å². The summed E-state index contributed by atoms with van der Waals surface area (Å²) in [4.78, 5) is 0.706. The van der Waals surface area contributed by atoms with E-state index in [1.165, 1.54) is 15.6 Å². The average Bonchev–Trinajstić information content (AvgIpc) is 2.81. The van der Waals surface area contributed by atoms with Gasteiger partial charge in [-0.25, -0.2) is 8.42 Å². The van der Waals surface area contributed by atoms with Gasteiger partial charge in [-0.1, -0.05) is 0 Å². The Hall–Kier alpha value is -0.470. The first kappa shape index (κ1) is 14.0. The highest BCUT2D eigenvalue weighted by Crippen LogP contribution is 2.28. The molecule has 0 aromatic carbocycles. The van der Waals surface area contributed by atoms with E-state index >= 15 is 0 Å². The minimum atomic E-state index is -3.54. The molecule has 1 N–H and O–H groups in total. The van der Waals surface area contributed by atoms with E-state index in [-0.39, 0.29) is 23.6 Å². The first-order valence-corrected chi connectivity index (χ1v) is 8.09. The average molecular weight is 291 g/mol. The Morgan fingerprint density at radius 2 is 2.28 bits per heavy atom. The Morgan fingerprint density at radius 1 is 1.56 bits per heavy atom. The van der Waals surface area contributed by atoms with Gasteiger partial charge in [-0.05, 0) is 25.3 Å². The maximum Gasteiger partial charge on any atom is 0.244 e. The van der Waals surface area contributed by atoms with Gasteiger partial charge in [-0.3, -0.25) is 0 Å². The Balaban J connectivity index is 2.36. The molecular formula is C11H17NO4S2. The second kappa shape index (κ2) is 5.26. The number of aliphatic hydroxyl groups is 1. The first-order valence-electron chi connectivity index (χ1n) is 5.77. The number of thiophene rings is 1. The molecule has 0 amide bonds. The SMILES string of the molecule is CC1CN(S(=O)(=O)c2ccsc2CO)C(C)CO1. The Morgan fingerprint density at radius 3 is 2.94 bits per heavy atom. The molecule has 1 aliphatic heterocycles. The molecule has 0 saturated carbocycles. The van der Waals surface area contributed by atoms with Crippen molar-refractivity contribution in [2.45, 2.75) is 37.5 Å². The van der Waals surface area contributed by atoms with Crippen molar-refractivity contribution in [2.24, 2.45) is 0 Å². The second-order valence-electron chi connectivity index (χ2n) is 4.43. The van der Waals surface area contributed by atoms with Crippen LogP contribution in [0.4, 0.5) is 0 Å². The van der Waals surface area contributed by atoms with Gasteiger partial charge in [-0.2, -0.15) is 4.31 Å². The molecule has 1 aliphatic rings. The van der Waals surface area contributed by atoms with Crippen LogP contribution in [0.5, 0.6) is 0 Å². The molecule has 2 atom stereocenters. The molecule has 5 nitrogen and oxygen atoms in total. The van der Waals surface area contributed by atoms with Crippen molar-refractivity contribution >= 4 is 21.4 Å². The normalized spacial score (nSPS) is 26.4. The van der Waals surface area contributed by atoms with Crippen LogP contribution in [0.3, 0.4) is 0 Å². The van der Waals surface area contributed by atoms with Crippen LogP contribution in [0.2, 0.25) is 0 Å². The van der Waals surface area contributed by atoms with Crippen LogP contribution >= 0.6 is 11.3 Å². The molecule has 1 fully saturated rings. The summed E-state index contributed by atoms with van der Waals surface area (Å²) in [7, 11) is -3.54. The van der Waals surface area contributed by atoms with Gasteiger partial charge in [0.2, 0.25) is 10.0 Å². The number of hydrogen-bond acceptors (Lipinski definition) is 5. The molecule has 0 aliphatic carbocycles. The van der Waals surface area contributed by atoms with E-state index in [0.717, 1.165) is 0 Å². The van der Waals surface area contributed by atoms with Gasteiger partial charge in [0, 0.05) is 17.5 Å². The summed E-state index contributed by atoms with van der Waals surface area (Å²) in [6.45, 7) is 4.19. The molecule has 0 bridgehead atoms. The number of ether oxygens (including phenoxy) is 1. The molecule has 0 spiro atoms. The fraction of sp³-hybridized carbons (Fsp3) is 0.636. The maximum atomic E-state index is 12.5. The smallest absolute Gasteiger partial charge is 0.244 e. The van der Waals surface area contributed by atoms with E-state index in [2.05, 4.69) is 0 Å². The van der Waals surface area contributed by atoms with Gasteiger partial charge >= 0.3 is 0 Å². The molecule has 7 heteroatoms. The van der Waals surface area contributed by atoms with Gasteiger partial charge in [0.05, 0.1) is 24.2 Å². The standard InChI is InChI=1S/C11H17NO4S2/c1-8-7-16-9(2)5-12(8)18(14,15)11-3-4-17-10(11)6-13/h3-4,8-9,13H,5-7H2,1-2H3. The van der Waals surface area contributed by atoms with Crippen LogP contribution < -0.4 is 0 Å². The van der Waals surface area contributed by atoms with Crippen LogP contribution in [-0.2, 0) is 21.4 Å². The van der Waals surface area contributed by atoms with Crippen molar-refractivity contribution in [3.63, 3.8) is 0 Å². The molecule has 1 saturated heterocycles. The van der Waals surface area contributed by atoms with Gasteiger partial charge in [0.25, 0.3) is 0 Å². The number of aliphatic hydroxyl groups excluding tert-OH is 1. The lowest BCUT2D eigenvalue weighted by molar-refractivity contribution is -0.0170. The minimum Gasteiger partial charge on any atom is -0.391 e. The quantitative estimate of drug-likeness (QED) is 0.903. The Labute approximate surface area is 111 Å². The molecule has 0 radical (unpaired) electrons. The van der Waals surface area contributed by atoms with E-state index in [0.29, 0.717) is 18.0 Å². The van der Waals surface area contributed by atoms with Gasteiger partial charge in [0.15, 0.2) is 0 Å². The van der Waals surface area contributed by atoms with E-state index in [1.54, 1.807) is 11.4 Å². The third-order valence-electron chi connectivity index (χ3n) is 2.99. The lowest BCUT2D eigenvalue weighted by Gasteiger charge is -2.35. The van der Waals surface area contributed by atoms with Crippen LogP contribution in [0.15, 0.2) is 16.3 Å². The monoisotopic (exact) mass is 291 g/mol. The summed E-state index contributed by atoms with van der Waals surface area (Å²) in [6, 6.07) is 1.37. The Bertz CT molecular complexity index is 511. The van der Waals surface area contributed by atoms with Crippen molar-refractivity contribution in [3.05, 3.63) is 16.3 Å². The molecule has 2 rings (SSSR count). The highest BCUT2D eigenvalue weighted by atomic mass is 32.2. The lowest BCUT2D eigenvalue weighted by atomic mass is 10.2. The third kappa shape index (κ3) is 2.46. The summed E-state index contributed by atoms with van der Waals surface area (Å²) < 4.78 is 32.0. The lowest BCUT2D eigenvalue weighted by Crippen LogP contribution is -2.50. The minimum absolute atomic E-state index is 0.104. The van der Waals surface area contributed by atoms with Crippen molar-refractivity contribution in [2.75, 3.05) is 13.2 Å². The summed E-state index contributed by atoms with van der Waals surface area (Å²) >= 11 is 1.26.